The normalized spacial score (nSPS) is 24.8. The number of aryl methyl sites for hydroxylation is 1. The van der Waals surface area contributed by atoms with Crippen LogP contribution in [0.5, 0.6) is 5.75 Å². The van der Waals surface area contributed by atoms with Crippen molar-refractivity contribution in [3.8, 4) is 5.75 Å². The summed E-state index contributed by atoms with van der Waals surface area (Å²) < 4.78 is 11.7. The van der Waals surface area contributed by atoms with Crippen molar-refractivity contribution in [2.75, 3.05) is 0 Å². The third-order valence-electron chi connectivity index (χ3n) is 5.30. The third-order valence-corrected chi connectivity index (χ3v) is 5.30. The van der Waals surface area contributed by atoms with E-state index in [1.54, 1.807) is 0 Å². The van der Waals surface area contributed by atoms with Crippen molar-refractivity contribution < 1.29 is 19.4 Å². The van der Waals surface area contributed by atoms with Crippen LogP contribution in [0.1, 0.15) is 75.1 Å². The Bertz CT molecular complexity index is 675. The van der Waals surface area contributed by atoms with Gasteiger partial charge in [-0.1, -0.05) is 19.9 Å². The Hall–Kier alpha value is -1.55. The number of esters is 1. The maximum atomic E-state index is 11.6. The van der Waals surface area contributed by atoms with Crippen molar-refractivity contribution in [1.82, 2.24) is 0 Å². The van der Waals surface area contributed by atoms with Crippen LogP contribution in [0.3, 0.4) is 0 Å². The first-order valence-corrected chi connectivity index (χ1v) is 9.38. The van der Waals surface area contributed by atoms with Crippen molar-refractivity contribution in [3.63, 3.8) is 0 Å². The number of hydrogen-bond donors (Lipinski definition) is 1. The molecule has 4 heteroatoms. The molecule has 0 saturated carbocycles. The van der Waals surface area contributed by atoms with Crippen molar-refractivity contribution >= 4 is 5.97 Å². The summed E-state index contributed by atoms with van der Waals surface area (Å²) >= 11 is 0. The highest BCUT2D eigenvalue weighted by molar-refractivity contribution is 5.71. The van der Waals surface area contributed by atoms with Gasteiger partial charge in [0.05, 0.1) is 12.5 Å². The zero-order valence-electron chi connectivity index (χ0n) is 16.0. The van der Waals surface area contributed by atoms with Gasteiger partial charge in [-0.25, -0.2) is 0 Å². The molecule has 0 aliphatic carbocycles. The van der Waals surface area contributed by atoms with Gasteiger partial charge in [0, 0.05) is 18.4 Å². The molecular formula is C21H30O4. The summed E-state index contributed by atoms with van der Waals surface area (Å²) in [5.74, 6) is 1.15. The molecule has 1 aromatic carbocycles. The van der Waals surface area contributed by atoms with E-state index in [-0.39, 0.29) is 24.1 Å². The minimum Gasteiger partial charge on any atom is -0.487 e. The number of benzene rings is 1. The molecule has 2 heterocycles. The quantitative estimate of drug-likeness (QED) is 0.842. The van der Waals surface area contributed by atoms with E-state index < -0.39 is 6.10 Å². The molecule has 2 atom stereocenters. The predicted octanol–water partition coefficient (Wildman–Crippen LogP) is 3.83. The molecule has 0 bridgehead atoms. The van der Waals surface area contributed by atoms with Gasteiger partial charge in [-0.3, -0.25) is 4.79 Å². The van der Waals surface area contributed by atoms with Gasteiger partial charge in [0.25, 0.3) is 0 Å². The van der Waals surface area contributed by atoms with E-state index in [1.165, 1.54) is 22.3 Å². The minimum absolute atomic E-state index is 0.116. The van der Waals surface area contributed by atoms with Gasteiger partial charge in [0.2, 0.25) is 0 Å². The molecule has 4 nitrogen and oxygen atoms in total. The smallest absolute Gasteiger partial charge is 0.308 e. The van der Waals surface area contributed by atoms with Gasteiger partial charge >= 0.3 is 5.97 Å². The SMILES string of the molecule is Cc1cc(C(C)C)c(CC[C@@H]2C[C@@H](O)CC(=O)O2)c2c1CC(C)(C)O2. The Balaban J connectivity index is 1.87. The van der Waals surface area contributed by atoms with Gasteiger partial charge in [0.1, 0.15) is 17.5 Å². The molecule has 0 aromatic heterocycles. The zero-order chi connectivity index (χ0) is 18.4. The van der Waals surface area contributed by atoms with Crippen molar-refractivity contribution in [1.29, 1.82) is 0 Å². The van der Waals surface area contributed by atoms with Gasteiger partial charge < -0.3 is 14.6 Å². The number of ether oxygens (including phenoxy) is 2. The summed E-state index contributed by atoms with van der Waals surface area (Å²) in [7, 11) is 0. The first kappa shape index (κ1) is 18.2. The highest BCUT2D eigenvalue weighted by Gasteiger charge is 2.35. The molecule has 138 valence electrons. The Morgan fingerprint density at radius 1 is 1.36 bits per heavy atom. The largest absolute Gasteiger partial charge is 0.487 e. The Morgan fingerprint density at radius 2 is 2.08 bits per heavy atom. The molecule has 3 rings (SSSR count). The lowest BCUT2D eigenvalue weighted by Gasteiger charge is -2.27. The van der Waals surface area contributed by atoms with E-state index in [0.717, 1.165) is 25.0 Å². The number of cyclic esters (lactones) is 1. The van der Waals surface area contributed by atoms with Crippen molar-refractivity contribution in [2.45, 2.75) is 90.4 Å². The molecule has 0 amide bonds. The maximum Gasteiger partial charge on any atom is 0.308 e. The number of carbonyl (C=O) groups excluding carboxylic acids is 1. The fraction of sp³-hybridized carbons (Fsp3) is 0.667. The summed E-state index contributed by atoms with van der Waals surface area (Å²) in [6.07, 6.45) is 2.32. The predicted molar refractivity (Wildman–Crippen MR) is 97.1 cm³/mol. The molecule has 25 heavy (non-hydrogen) atoms. The highest BCUT2D eigenvalue weighted by Crippen LogP contribution is 2.43. The maximum absolute atomic E-state index is 11.6. The van der Waals surface area contributed by atoms with Gasteiger partial charge in [-0.15, -0.1) is 0 Å². The Morgan fingerprint density at radius 3 is 2.72 bits per heavy atom. The van der Waals surface area contributed by atoms with Crippen LogP contribution in [0.4, 0.5) is 0 Å². The fourth-order valence-corrected chi connectivity index (χ4v) is 4.10. The second-order valence-corrected chi connectivity index (χ2v) is 8.51. The third kappa shape index (κ3) is 3.84. The van der Waals surface area contributed by atoms with E-state index in [2.05, 4.69) is 40.7 Å². The van der Waals surface area contributed by atoms with Crippen LogP contribution in [-0.4, -0.2) is 28.9 Å². The second kappa shape index (κ2) is 6.64. The number of carbonyl (C=O) groups is 1. The standard InChI is InChI=1S/C21H30O4/c1-12(2)17-8-13(3)18-11-21(4,5)25-20(18)16(17)7-6-15-9-14(22)10-19(23)24-15/h8,12,14-15,22H,6-7,9-11H2,1-5H3/t14-,15-/m1/s1. The Kier molecular flexibility index (Phi) is 4.84. The zero-order valence-corrected chi connectivity index (χ0v) is 16.0. The average Bonchev–Trinajstić information content (AvgIpc) is 2.81. The summed E-state index contributed by atoms with van der Waals surface area (Å²) in [6, 6.07) is 2.30. The van der Waals surface area contributed by atoms with E-state index in [0.29, 0.717) is 12.3 Å². The topological polar surface area (TPSA) is 55.8 Å². The summed E-state index contributed by atoms with van der Waals surface area (Å²) in [5.41, 5.74) is 5.00. The van der Waals surface area contributed by atoms with E-state index in [9.17, 15) is 9.90 Å². The molecule has 1 saturated heterocycles. The van der Waals surface area contributed by atoms with Gasteiger partial charge in [-0.05, 0) is 56.2 Å². The van der Waals surface area contributed by atoms with E-state index in [1.807, 2.05) is 0 Å². The van der Waals surface area contributed by atoms with Gasteiger partial charge in [0.15, 0.2) is 0 Å². The lowest BCUT2D eigenvalue weighted by atomic mass is 9.87. The molecule has 0 radical (unpaired) electrons. The van der Waals surface area contributed by atoms with Crippen molar-refractivity contribution in [2.24, 2.45) is 0 Å². The number of aliphatic hydroxyl groups excluding tert-OH is 1. The van der Waals surface area contributed by atoms with Crippen LogP contribution in [-0.2, 0) is 22.4 Å². The van der Waals surface area contributed by atoms with Gasteiger partial charge in [-0.2, -0.15) is 0 Å². The monoisotopic (exact) mass is 346 g/mol. The van der Waals surface area contributed by atoms with Crippen LogP contribution in [0.25, 0.3) is 0 Å². The van der Waals surface area contributed by atoms with E-state index >= 15 is 0 Å². The molecule has 1 N–H and O–H groups in total. The molecule has 2 aliphatic heterocycles. The molecular weight excluding hydrogens is 316 g/mol. The summed E-state index contributed by atoms with van der Waals surface area (Å²) in [5, 5.41) is 9.82. The van der Waals surface area contributed by atoms with Crippen LogP contribution >= 0.6 is 0 Å². The van der Waals surface area contributed by atoms with Crippen LogP contribution in [0.2, 0.25) is 0 Å². The number of hydrogen-bond acceptors (Lipinski definition) is 4. The van der Waals surface area contributed by atoms with E-state index in [4.69, 9.17) is 9.47 Å². The first-order chi connectivity index (χ1) is 11.7. The number of rotatable bonds is 4. The second-order valence-electron chi connectivity index (χ2n) is 8.51. The fourth-order valence-electron chi connectivity index (χ4n) is 4.10. The number of aliphatic hydroxyl groups is 1. The lowest BCUT2D eigenvalue weighted by molar-refractivity contribution is -0.160. The average molecular weight is 346 g/mol. The molecule has 1 aromatic rings. The van der Waals surface area contributed by atoms with Crippen LogP contribution in [0.15, 0.2) is 6.07 Å². The van der Waals surface area contributed by atoms with Crippen molar-refractivity contribution in [3.05, 3.63) is 28.3 Å². The number of fused-ring (bicyclic) bond motifs is 1. The minimum atomic E-state index is -0.574. The molecule has 1 fully saturated rings. The lowest BCUT2D eigenvalue weighted by Crippen LogP contribution is -2.32. The molecule has 0 spiro atoms. The first-order valence-electron chi connectivity index (χ1n) is 9.38. The van der Waals surface area contributed by atoms with Crippen LogP contribution < -0.4 is 4.74 Å². The Labute approximate surface area is 150 Å². The van der Waals surface area contributed by atoms with Crippen LogP contribution in [0, 0.1) is 6.92 Å². The molecule has 0 unspecified atom stereocenters. The summed E-state index contributed by atoms with van der Waals surface area (Å²) in [4.78, 5) is 11.6. The molecule has 2 aliphatic rings. The highest BCUT2D eigenvalue weighted by atomic mass is 16.5. The summed E-state index contributed by atoms with van der Waals surface area (Å²) in [6.45, 7) is 10.8.